The zero-order valence-electron chi connectivity index (χ0n) is 9.82. The van der Waals surface area contributed by atoms with E-state index in [1.165, 1.54) is 19.3 Å². The van der Waals surface area contributed by atoms with Crippen LogP contribution < -0.4 is 4.90 Å². The molecule has 90 valence electrons. The molecule has 0 N–H and O–H groups in total. The molecule has 0 bridgehead atoms. The zero-order valence-corrected chi connectivity index (χ0v) is 10.6. The van der Waals surface area contributed by atoms with Crippen LogP contribution in [0.2, 0.25) is 0 Å². The van der Waals surface area contributed by atoms with Crippen molar-refractivity contribution in [2.75, 3.05) is 18.0 Å². The third-order valence-corrected chi connectivity index (χ3v) is 3.21. The molecule has 0 aromatic carbocycles. The van der Waals surface area contributed by atoms with E-state index in [1.807, 2.05) is 6.92 Å². The lowest BCUT2D eigenvalue weighted by atomic mass is 10.0. The van der Waals surface area contributed by atoms with Crippen molar-refractivity contribution >= 4 is 17.6 Å². The Bertz CT molecular complexity index is 340. The summed E-state index contributed by atoms with van der Waals surface area (Å²) in [6.07, 6.45) is 3.75. The fourth-order valence-corrected chi connectivity index (χ4v) is 2.25. The third kappa shape index (κ3) is 2.48. The smallest absolute Gasteiger partial charge is 0.318 e. The first-order chi connectivity index (χ1) is 7.70. The summed E-state index contributed by atoms with van der Waals surface area (Å²) in [5.41, 5.74) is 0. The Hall–Kier alpha value is -0.770. The van der Waals surface area contributed by atoms with E-state index in [9.17, 15) is 0 Å². The Morgan fingerprint density at radius 1 is 1.56 bits per heavy atom. The Kier molecular flexibility index (Phi) is 3.69. The molecule has 2 unspecified atom stereocenters. The molecule has 2 heterocycles. The average molecular weight is 244 g/mol. The summed E-state index contributed by atoms with van der Waals surface area (Å²) in [5.74, 6) is 1.28. The Labute approximate surface area is 101 Å². The number of halogens is 1. The van der Waals surface area contributed by atoms with Crippen LogP contribution in [0, 0.1) is 5.92 Å². The summed E-state index contributed by atoms with van der Waals surface area (Å²) >= 11 is 5.89. The van der Waals surface area contributed by atoms with Crippen molar-refractivity contribution in [1.82, 2.24) is 10.2 Å². The Balaban J connectivity index is 1.97. The lowest BCUT2D eigenvalue weighted by Gasteiger charge is -2.12. The van der Waals surface area contributed by atoms with E-state index in [4.69, 9.17) is 16.0 Å². The van der Waals surface area contributed by atoms with E-state index in [-0.39, 0.29) is 5.38 Å². The van der Waals surface area contributed by atoms with Crippen molar-refractivity contribution in [2.45, 2.75) is 38.5 Å². The minimum atomic E-state index is -0.213. The topological polar surface area (TPSA) is 42.2 Å². The first-order valence-electron chi connectivity index (χ1n) is 5.93. The van der Waals surface area contributed by atoms with Crippen molar-refractivity contribution in [3.8, 4) is 0 Å². The minimum absolute atomic E-state index is 0.213. The van der Waals surface area contributed by atoms with E-state index < -0.39 is 0 Å². The predicted molar refractivity (Wildman–Crippen MR) is 63.8 cm³/mol. The quantitative estimate of drug-likeness (QED) is 0.763. The summed E-state index contributed by atoms with van der Waals surface area (Å²) in [6, 6.07) is 0.626. The highest BCUT2D eigenvalue weighted by Gasteiger charge is 2.26. The van der Waals surface area contributed by atoms with Gasteiger partial charge in [0.05, 0.1) is 0 Å². The van der Waals surface area contributed by atoms with Crippen LogP contribution in [0.3, 0.4) is 0 Å². The average Bonchev–Trinajstić information content (AvgIpc) is 2.84. The lowest BCUT2D eigenvalue weighted by molar-refractivity contribution is 0.484. The van der Waals surface area contributed by atoms with Crippen LogP contribution in [0.15, 0.2) is 4.42 Å². The van der Waals surface area contributed by atoms with Gasteiger partial charge in [0.25, 0.3) is 0 Å². The summed E-state index contributed by atoms with van der Waals surface area (Å²) in [5, 5.41) is 7.77. The summed E-state index contributed by atoms with van der Waals surface area (Å²) in [4.78, 5) is 2.16. The Morgan fingerprint density at radius 2 is 2.38 bits per heavy atom. The molecule has 1 aliphatic heterocycles. The van der Waals surface area contributed by atoms with Gasteiger partial charge in [-0.05, 0) is 25.7 Å². The van der Waals surface area contributed by atoms with E-state index >= 15 is 0 Å². The highest BCUT2D eigenvalue weighted by Crippen LogP contribution is 2.27. The van der Waals surface area contributed by atoms with Gasteiger partial charge in [-0.15, -0.1) is 16.7 Å². The van der Waals surface area contributed by atoms with Gasteiger partial charge in [0.1, 0.15) is 5.38 Å². The maximum Gasteiger partial charge on any atom is 0.318 e. The number of nitrogens with zero attached hydrogens (tertiary/aromatic N) is 3. The number of hydrogen-bond donors (Lipinski definition) is 0. The molecule has 5 heteroatoms. The molecule has 1 saturated heterocycles. The van der Waals surface area contributed by atoms with Crippen LogP contribution in [0.25, 0.3) is 0 Å². The van der Waals surface area contributed by atoms with Crippen molar-refractivity contribution in [1.29, 1.82) is 0 Å². The number of alkyl halides is 1. The fraction of sp³-hybridized carbons (Fsp3) is 0.818. The van der Waals surface area contributed by atoms with Crippen molar-refractivity contribution in [3.63, 3.8) is 0 Å². The fourth-order valence-electron chi connectivity index (χ4n) is 2.17. The maximum absolute atomic E-state index is 5.89. The van der Waals surface area contributed by atoms with Gasteiger partial charge in [0.2, 0.25) is 5.89 Å². The van der Waals surface area contributed by atoms with Crippen LogP contribution in [0.5, 0.6) is 0 Å². The lowest BCUT2D eigenvalue weighted by Crippen LogP contribution is -2.19. The molecule has 0 radical (unpaired) electrons. The number of hydrogen-bond acceptors (Lipinski definition) is 4. The van der Waals surface area contributed by atoms with E-state index in [2.05, 4.69) is 22.0 Å². The van der Waals surface area contributed by atoms with Gasteiger partial charge >= 0.3 is 6.01 Å². The van der Waals surface area contributed by atoms with Crippen LogP contribution in [-0.4, -0.2) is 23.3 Å². The second-order valence-electron chi connectivity index (χ2n) is 4.43. The maximum atomic E-state index is 5.89. The molecule has 0 amide bonds. The van der Waals surface area contributed by atoms with E-state index in [0.29, 0.717) is 11.9 Å². The molecular formula is C11H18ClN3O. The van der Waals surface area contributed by atoms with Crippen LogP contribution >= 0.6 is 11.6 Å². The van der Waals surface area contributed by atoms with Crippen molar-refractivity contribution in [3.05, 3.63) is 5.89 Å². The first-order valence-corrected chi connectivity index (χ1v) is 6.36. The first kappa shape index (κ1) is 11.7. The summed E-state index contributed by atoms with van der Waals surface area (Å²) < 4.78 is 5.53. The zero-order chi connectivity index (χ0) is 11.5. The molecule has 0 aliphatic carbocycles. The normalized spacial score (nSPS) is 22.7. The second-order valence-corrected chi connectivity index (χ2v) is 5.08. The van der Waals surface area contributed by atoms with Gasteiger partial charge < -0.3 is 9.32 Å². The van der Waals surface area contributed by atoms with Crippen LogP contribution in [0.1, 0.15) is 44.4 Å². The second kappa shape index (κ2) is 5.04. The molecule has 2 rings (SSSR count). The van der Waals surface area contributed by atoms with E-state index in [1.54, 1.807) is 0 Å². The highest BCUT2D eigenvalue weighted by atomic mass is 35.5. The van der Waals surface area contributed by atoms with Gasteiger partial charge in [-0.3, -0.25) is 0 Å². The molecular weight excluding hydrogens is 226 g/mol. The van der Waals surface area contributed by atoms with Crippen molar-refractivity contribution in [2.24, 2.45) is 5.92 Å². The number of anilines is 1. The Morgan fingerprint density at radius 3 is 3.00 bits per heavy atom. The number of aromatic nitrogens is 2. The van der Waals surface area contributed by atoms with Crippen LogP contribution in [-0.2, 0) is 0 Å². The van der Waals surface area contributed by atoms with Gasteiger partial charge in [-0.1, -0.05) is 18.4 Å². The van der Waals surface area contributed by atoms with Crippen molar-refractivity contribution < 1.29 is 4.42 Å². The highest BCUT2D eigenvalue weighted by molar-refractivity contribution is 6.20. The van der Waals surface area contributed by atoms with Gasteiger partial charge in [-0.2, -0.15) is 0 Å². The minimum Gasteiger partial charge on any atom is -0.406 e. The molecule has 1 aromatic rings. The van der Waals surface area contributed by atoms with Gasteiger partial charge in [0.15, 0.2) is 0 Å². The predicted octanol–water partition coefficient (Wildman–Crippen LogP) is 3.00. The van der Waals surface area contributed by atoms with Gasteiger partial charge in [-0.25, -0.2) is 0 Å². The number of rotatable bonds is 4. The summed E-state index contributed by atoms with van der Waals surface area (Å²) in [6.45, 7) is 6.11. The molecule has 0 saturated carbocycles. The SMILES string of the molecule is CCCC1CCN(c2nnc(C(C)Cl)o2)C1. The molecule has 1 aliphatic rings. The molecule has 0 spiro atoms. The molecule has 1 aromatic heterocycles. The molecule has 2 atom stereocenters. The monoisotopic (exact) mass is 243 g/mol. The van der Waals surface area contributed by atoms with Gasteiger partial charge in [0, 0.05) is 13.1 Å². The largest absolute Gasteiger partial charge is 0.406 e. The molecule has 1 fully saturated rings. The van der Waals surface area contributed by atoms with E-state index in [0.717, 1.165) is 19.0 Å². The molecule has 4 nitrogen and oxygen atoms in total. The summed E-state index contributed by atoms with van der Waals surface area (Å²) in [7, 11) is 0. The third-order valence-electron chi connectivity index (χ3n) is 3.02. The van der Waals surface area contributed by atoms with Crippen LogP contribution in [0.4, 0.5) is 6.01 Å². The molecule has 16 heavy (non-hydrogen) atoms. The standard InChI is InChI=1S/C11H18ClN3O/c1-3-4-9-5-6-15(7-9)11-14-13-10(16-11)8(2)12/h8-9H,3-7H2,1-2H3.